The molecule has 0 saturated carbocycles. The van der Waals surface area contributed by atoms with Crippen molar-refractivity contribution in [1.29, 1.82) is 0 Å². The molecule has 1 amide bonds. The van der Waals surface area contributed by atoms with Gasteiger partial charge in [-0.25, -0.2) is 9.97 Å². The molecule has 2 rings (SSSR count). The third kappa shape index (κ3) is 5.32. The van der Waals surface area contributed by atoms with E-state index in [0.717, 1.165) is 31.3 Å². The molecule has 0 aliphatic carbocycles. The largest absolute Gasteiger partial charge is 0.417 e. The number of halogens is 4. The average molecular weight is 373 g/mol. The number of carbonyl (C=O) groups excluding carboxylic acids is 1. The van der Waals surface area contributed by atoms with E-state index in [0.29, 0.717) is 6.54 Å². The Morgan fingerprint density at radius 1 is 1.24 bits per heavy atom. The first-order valence-electron chi connectivity index (χ1n) is 7.55. The molecule has 1 aromatic heterocycles. The summed E-state index contributed by atoms with van der Waals surface area (Å²) in [6, 6.07) is 4.78. The van der Waals surface area contributed by atoms with Gasteiger partial charge in [-0.05, 0) is 24.6 Å². The number of nitrogens with zero attached hydrogens (tertiary/aromatic N) is 2. The normalized spacial score (nSPS) is 11.2. The molecule has 0 aliphatic heterocycles. The van der Waals surface area contributed by atoms with E-state index in [1.165, 1.54) is 12.1 Å². The van der Waals surface area contributed by atoms with Crippen molar-refractivity contribution in [1.82, 2.24) is 15.3 Å². The van der Waals surface area contributed by atoms with Gasteiger partial charge in [-0.3, -0.25) is 4.79 Å². The first-order chi connectivity index (χ1) is 11.8. The van der Waals surface area contributed by atoms with Crippen LogP contribution >= 0.6 is 11.6 Å². The van der Waals surface area contributed by atoms with Crippen molar-refractivity contribution < 1.29 is 18.0 Å². The van der Waals surface area contributed by atoms with Crippen LogP contribution < -0.4 is 10.6 Å². The number of rotatable bonds is 6. The lowest BCUT2D eigenvalue weighted by Crippen LogP contribution is -2.25. The molecule has 0 fully saturated rings. The highest BCUT2D eigenvalue weighted by Gasteiger charge is 2.33. The number of unbranched alkanes of at least 4 members (excludes halogenated alkanes) is 1. The highest BCUT2D eigenvalue weighted by Crippen LogP contribution is 2.36. The van der Waals surface area contributed by atoms with Gasteiger partial charge in [0.05, 0.1) is 10.6 Å². The van der Waals surface area contributed by atoms with Gasteiger partial charge in [-0.2, -0.15) is 13.2 Å². The molecule has 1 heterocycles. The van der Waals surface area contributed by atoms with Gasteiger partial charge in [0.2, 0.25) is 0 Å². The van der Waals surface area contributed by atoms with E-state index >= 15 is 0 Å². The van der Waals surface area contributed by atoms with Crippen LogP contribution in [0.5, 0.6) is 0 Å². The lowest BCUT2D eigenvalue weighted by atomic mass is 10.2. The summed E-state index contributed by atoms with van der Waals surface area (Å²) in [6.45, 7) is 2.52. The monoisotopic (exact) mass is 372 g/mol. The fourth-order valence-electron chi connectivity index (χ4n) is 1.99. The van der Waals surface area contributed by atoms with Gasteiger partial charge in [0.15, 0.2) is 0 Å². The number of carbonyl (C=O) groups is 1. The number of benzene rings is 1. The molecule has 0 atom stereocenters. The highest BCUT2D eigenvalue weighted by molar-refractivity contribution is 6.31. The predicted octanol–water partition coefficient (Wildman–Crippen LogP) is 4.42. The molecule has 0 spiro atoms. The fraction of sp³-hybridized carbons (Fsp3) is 0.312. The molecule has 25 heavy (non-hydrogen) atoms. The number of amides is 1. The minimum absolute atomic E-state index is 0.124. The van der Waals surface area contributed by atoms with Crippen LogP contribution in [0.25, 0.3) is 0 Å². The van der Waals surface area contributed by atoms with Crippen molar-refractivity contribution in [2.24, 2.45) is 0 Å². The van der Waals surface area contributed by atoms with Crippen LogP contribution in [0.2, 0.25) is 5.02 Å². The van der Waals surface area contributed by atoms with Crippen LogP contribution in [0.4, 0.5) is 24.7 Å². The molecular weight excluding hydrogens is 357 g/mol. The zero-order chi connectivity index (χ0) is 18.4. The van der Waals surface area contributed by atoms with E-state index in [1.54, 1.807) is 0 Å². The molecular formula is C16H16ClF3N4O. The summed E-state index contributed by atoms with van der Waals surface area (Å²) in [5, 5.41) is 5.03. The van der Waals surface area contributed by atoms with Gasteiger partial charge in [-0.1, -0.05) is 24.9 Å². The van der Waals surface area contributed by atoms with E-state index in [9.17, 15) is 18.0 Å². The first kappa shape index (κ1) is 19.0. The van der Waals surface area contributed by atoms with E-state index < -0.39 is 16.8 Å². The minimum atomic E-state index is -4.56. The molecule has 2 aromatic rings. The Morgan fingerprint density at radius 2 is 2.00 bits per heavy atom. The van der Waals surface area contributed by atoms with Crippen molar-refractivity contribution in [2.45, 2.75) is 25.9 Å². The Hall–Kier alpha value is -2.35. The lowest BCUT2D eigenvalue weighted by Gasteiger charge is -2.12. The predicted molar refractivity (Wildman–Crippen MR) is 89.0 cm³/mol. The van der Waals surface area contributed by atoms with Gasteiger partial charge in [0, 0.05) is 18.3 Å². The second-order valence-corrected chi connectivity index (χ2v) is 5.62. The Kier molecular flexibility index (Phi) is 6.19. The van der Waals surface area contributed by atoms with Gasteiger partial charge in [0.1, 0.15) is 17.8 Å². The highest BCUT2D eigenvalue weighted by atomic mass is 35.5. The van der Waals surface area contributed by atoms with Crippen molar-refractivity contribution in [3.05, 3.63) is 46.9 Å². The maximum atomic E-state index is 12.9. The van der Waals surface area contributed by atoms with Gasteiger partial charge >= 0.3 is 6.18 Å². The molecule has 0 bridgehead atoms. The summed E-state index contributed by atoms with van der Waals surface area (Å²) in [4.78, 5) is 19.7. The van der Waals surface area contributed by atoms with Crippen LogP contribution in [-0.4, -0.2) is 22.4 Å². The molecule has 0 saturated heterocycles. The number of hydrogen-bond donors (Lipinski definition) is 2. The second-order valence-electron chi connectivity index (χ2n) is 5.22. The van der Waals surface area contributed by atoms with Crippen LogP contribution in [0, 0.1) is 0 Å². The lowest BCUT2D eigenvalue weighted by molar-refractivity contribution is -0.137. The van der Waals surface area contributed by atoms with Crippen LogP contribution in [0.1, 0.15) is 35.8 Å². The van der Waals surface area contributed by atoms with Gasteiger partial charge in [0.25, 0.3) is 5.91 Å². The summed E-state index contributed by atoms with van der Waals surface area (Å²) in [5.41, 5.74) is -0.683. The van der Waals surface area contributed by atoms with E-state index in [4.69, 9.17) is 11.6 Å². The average Bonchev–Trinajstić information content (AvgIpc) is 2.56. The smallest absolute Gasteiger partial charge is 0.351 e. The molecule has 2 N–H and O–H groups in total. The third-order valence-corrected chi connectivity index (χ3v) is 3.59. The van der Waals surface area contributed by atoms with Gasteiger partial charge in [-0.15, -0.1) is 0 Å². The minimum Gasteiger partial charge on any atom is -0.351 e. The number of nitrogens with one attached hydrogen (secondary N) is 2. The summed E-state index contributed by atoms with van der Waals surface area (Å²) >= 11 is 5.58. The van der Waals surface area contributed by atoms with Crippen LogP contribution in [-0.2, 0) is 6.18 Å². The topological polar surface area (TPSA) is 66.9 Å². The molecule has 0 unspecified atom stereocenters. The van der Waals surface area contributed by atoms with Crippen molar-refractivity contribution >= 4 is 29.0 Å². The molecule has 1 aromatic carbocycles. The molecule has 0 radical (unpaired) electrons. The molecule has 0 aliphatic rings. The summed E-state index contributed by atoms with van der Waals surface area (Å²) in [5.74, 6) is -0.169. The van der Waals surface area contributed by atoms with Gasteiger partial charge < -0.3 is 10.6 Å². The fourth-order valence-corrected chi connectivity index (χ4v) is 2.21. The summed E-state index contributed by atoms with van der Waals surface area (Å²) in [6.07, 6.45) is -1.62. The van der Waals surface area contributed by atoms with Crippen LogP contribution in [0.15, 0.2) is 30.6 Å². The third-order valence-electron chi connectivity index (χ3n) is 3.26. The maximum Gasteiger partial charge on any atom is 0.417 e. The standard InChI is InChI=1S/C16H16ClF3N4O/c1-2-3-6-21-15(25)13-8-14(23-9-22-13)24-10-4-5-12(17)11(7-10)16(18,19)20/h4-5,7-9H,2-3,6H2,1H3,(H,21,25)(H,22,23,24). The maximum absolute atomic E-state index is 12.9. The van der Waals surface area contributed by atoms with Crippen molar-refractivity contribution in [3.63, 3.8) is 0 Å². The Bertz CT molecular complexity index is 752. The van der Waals surface area contributed by atoms with Crippen molar-refractivity contribution in [2.75, 3.05) is 11.9 Å². The summed E-state index contributed by atoms with van der Waals surface area (Å²) in [7, 11) is 0. The molecule has 5 nitrogen and oxygen atoms in total. The van der Waals surface area contributed by atoms with E-state index in [1.807, 2.05) is 6.92 Å². The zero-order valence-corrected chi connectivity index (χ0v) is 14.1. The molecule has 134 valence electrons. The SMILES string of the molecule is CCCCNC(=O)c1cc(Nc2ccc(Cl)c(C(F)(F)F)c2)ncn1. The Balaban J connectivity index is 2.16. The van der Waals surface area contributed by atoms with Crippen LogP contribution in [0.3, 0.4) is 0 Å². The quantitative estimate of drug-likeness (QED) is 0.736. The van der Waals surface area contributed by atoms with E-state index in [2.05, 4.69) is 20.6 Å². The van der Waals surface area contributed by atoms with Crippen molar-refractivity contribution in [3.8, 4) is 0 Å². The number of alkyl halides is 3. The summed E-state index contributed by atoms with van der Waals surface area (Å²) < 4.78 is 38.7. The number of hydrogen-bond acceptors (Lipinski definition) is 4. The zero-order valence-electron chi connectivity index (χ0n) is 13.3. The molecule has 9 heteroatoms. The second kappa shape index (κ2) is 8.15. The Labute approximate surface area is 147 Å². The number of aromatic nitrogens is 2. The Morgan fingerprint density at radius 3 is 2.68 bits per heavy atom. The number of anilines is 2. The first-order valence-corrected chi connectivity index (χ1v) is 7.93. The van der Waals surface area contributed by atoms with E-state index in [-0.39, 0.29) is 23.1 Å².